The highest BCUT2D eigenvalue weighted by atomic mass is 16.7. The second-order valence-corrected chi connectivity index (χ2v) is 6.14. The molecule has 0 unspecified atom stereocenters. The zero-order valence-corrected chi connectivity index (χ0v) is 15.8. The van der Waals surface area contributed by atoms with E-state index in [9.17, 15) is 14.4 Å². The van der Waals surface area contributed by atoms with E-state index in [0.29, 0.717) is 22.8 Å². The Bertz CT molecular complexity index is 915. The van der Waals surface area contributed by atoms with Gasteiger partial charge in [0.1, 0.15) is 5.75 Å². The van der Waals surface area contributed by atoms with E-state index in [-0.39, 0.29) is 44.2 Å². The van der Waals surface area contributed by atoms with Gasteiger partial charge >= 0.3 is 0 Å². The van der Waals surface area contributed by atoms with Gasteiger partial charge in [0.25, 0.3) is 11.8 Å². The van der Waals surface area contributed by atoms with E-state index in [1.165, 1.54) is 7.05 Å². The lowest BCUT2D eigenvalue weighted by Crippen LogP contribution is -2.36. The standard InChI is InChI=1S/C20H21N3O6/c1-21-19(25)11-27-15-4-2-3-13(7-15)9-22-18(24)10-23-20(26)14-5-6-16-17(8-14)29-12-28-16/h2-8H,9-12H2,1H3,(H,21,25)(H,22,24)(H,23,26). The van der Waals surface area contributed by atoms with Crippen molar-refractivity contribution in [2.75, 3.05) is 27.0 Å². The van der Waals surface area contributed by atoms with E-state index < -0.39 is 0 Å². The van der Waals surface area contributed by atoms with Crippen LogP contribution >= 0.6 is 0 Å². The number of carbonyl (C=O) groups excluding carboxylic acids is 3. The van der Waals surface area contributed by atoms with Crippen molar-refractivity contribution in [2.45, 2.75) is 6.54 Å². The summed E-state index contributed by atoms with van der Waals surface area (Å²) in [5, 5.41) is 7.75. The first-order chi connectivity index (χ1) is 14.0. The molecule has 0 spiro atoms. The molecule has 9 nitrogen and oxygen atoms in total. The molecule has 0 fully saturated rings. The van der Waals surface area contributed by atoms with Gasteiger partial charge in [-0.05, 0) is 35.9 Å². The molecule has 0 aromatic heterocycles. The van der Waals surface area contributed by atoms with E-state index in [2.05, 4.69) is 16.0 Å². The van der Waals surface area contributed by atoms with E-state index in [0.717, 1.165) is 5.56 Å². The number of rotatable bonds is 8. The molecule has 0 aliphatic carbocycles. The Morgan fingerprint density at radius 3 is 2.66 bits per heavy atom. The first-order valence-corrected chi connectivity index (χ1v) is 8.92. The third kappa shape index (κ3) is 5.61. The highest BCUT2D eigenvalue weighted by Gasteiger charge is 2.16. The van der Waals surface area contributed by atoms with Crippen LogP contribution in [0.2, 0.25) is 0 Å². The predicted molar refractivity (Wildman–Crippen MR) is 103 cm³/mol. The van der Waals surface area contributed by atoms with Crippen molar-refractivity contribution in [2.24, 2.45) is 0 Å². The Morgan fingerprint density at radius 1 is 1.00 bits per heavy atom. The Morgan fingerprint density at radius 2 is 1.83 bits per heavy atom. The van der Waals surface area contributed by atoms with E-state index in [1.54, 1.807) is 36.4 Å². The number of hydrogen-bond acceptors (Lipinski definition) is 6. The van der Waals surface area contributed by atoms with Gasteiger partial charge in [-0.15, -0.1) is 0 Å². The molecule has 9 heteroatoms. The Labute approximate surface area is 167 Å². The predicted octanol–water partition coefficient (Wildman–Crippen LogP) is 0.586. The monoisotopic (exact) mass is 399 g/mol. The first-order valence-electron chi connectivity index (χ1n) is 8.92. The van der Waals surface area contributed by atoms with Crippen molar-refractivity contribution in [3.63, 3.8) is 0 Å². The third-order valence-corrected chi connectivity index (χ3v) is 4.08. The smallest absolute Gasteiger partial charge is 0.257 e. The average molecular weight is 399 g/mol. The van der Waals surface area contributed by atoms with Crippen LogP contribution in [0.3, 0.4) is 0 Å². The van der Waals surface area contributed by atoms with Gasteiger partial charge in [-0.2, -0.15) is 0 Å². The van der Waals surface area contributed by atoms with Crippen LogP contribution in [0, 0.1) is 0 Å². The van der Waals surface area contributed by atoms with Gasteiger partial charge in [0, 0.05) is 19.2 Å². The van der Waals surface area contributed by atoms with Gasteiger partial charge in [0.15, 0.2) is 18.1 Å². The molecule has 2 aromatic carbocycles. The van der Waals surface area contributed by atoms with Crippen LogP contribution in [0.4, 0.5) is 0 Å². The number of ether oxygens (including phenoxy) is 3. The molecule has 3 rings (SSSR count). The lowest BCUT2D eigenvalue weighted by Gasteiger charge is -2.09. The lowest BCUT2D eigenvalue weighted by atomic mass is 10.2. The molecule has 0 saturated heterocycles. The molecular formula is C20H21N3O6. The molecule has 29 heavy (non-hydrogen) atoms. The maximum Gasteiger partial charge on any atom is 0.257 e. The number of amides is 3. The lowest BCUT2D eigenvalue weighted by molar-refractivity contribution is -0.122. The van der Waals surface area contributed by atoms with Crippen LogP contribution in [0.5, 0.6) is 17.2 Å². The van der Waals surface area contributed by atoms with Crippen molar-refractivity contribution >= 4 is 17.7 Å². The van der Waals surface area contributed by atoms with Gasteiger partial charge in [0.2, 0.25) is 12.7 Å². The molecule has 1 heterocycles. The number of nitrogens with one attached hydrogen (secondary N) is 3. The van der Waals surface area contributed by atoms with Crippen molar-refractivity contribution in [3.05, 3.63) is 53.6 Å². The SMILES string of the molecule is CNC(=O)COc1cccc(CNC(=O)CNC(=O)c2ccc3c(c2)OCO3)c1. The molecule has 2 aromatic rings. The molecule has 1 aliphatic rings. The summed E-state index contributed by atoms with van der Waals surface area (Å²) in [5.41, 5.74) is 1.18. The molecule has 0 radical (unpaired) electrons. The van der Waals surface area contributed by atoms with Gasteiger partial charge in [-0.3, -0.25) is 14.4 Å². The van der Waals surface area contributed by atoms with Crippen molar-refractivity contribution in [1.29, 1.82) is 0 Å². The van der Waals surface area contributed by atoms with Crippen LogP contribution < -0.4 is 30.2 Å². The van der Waals surface area contributed by atoms with Crippen LogP contribution in [0.15, 0.2) is 42.5 Å². The normalized spacial score (nSPS) is 11.5. The molecule has 0 bridgehead atoms. The first kappa shape index (κ1) is 20.0. The second-order valence-electron chi connectivity index (χ2n) is 6.14. The summed E-state index contributed by atoms with van der Waals surface area (Å²) < 4.78 is 15.8. The van der Waals surface area contributed by atoms with E-state index in [1.807, 2.05) is 6.07 Å². The minimum absolute atomic E-state index is 0.0851. The molecule has 0 atom stereocenters. The zero-order valence-electron chi connectivity index (χ0n) is 15.8. The number of fused-ring (bicyclic) bond motifs is 1. The van der Waals surface area contributed by atoms with Crippen molar-refractivity contribution < 1.29 is 28.6 Å². The quantitative estimate of drug-likeness (QED) is 0.598. The number of carbonyl (C=O) groups is 3. The Balaban J connectivity index is 1.44. The maximum absolute atomic E-state index is 12.2. The summed E-state index contributed by atoms with van der Waals surface area (Å²) in [4.78, 5) is 35.4. The summed E-state index contributed by atoms with van der Waals surface area (Å²) in [6.07, 6.45) is 0. The average Bonchev–Trinajstić information content (AvgIpc) is 3.22. The molecule has 0 saturated carbocycles. The molecule has 1 aliphatic heterocycles. The Kier molecular flexibility index (Phi) is 6.51. The summed E-state index contributed by atoms with van der Waals surface area (Å²) >= 11 is 0. The zero-order chi connectivity index (χ0) is 20.6. The van der Waals surface area contributed by atoms with Crippen LogP contribution in [-0.2, 0) is 16.1 Å². The minimum Gasteiger partial charge on any atom is -0.484 e. The highest BCUT2D eigenvalue weighted by Crippen LogP contribution is 2.32. The summed E-state index contributed by atoms with van der Waals surface area (Å²) in [6.45, 7) is 0.134. The summed E-state index contributed by atoms with van der Waals surface area (Å²) in [6, 6.07) is 11.9. The number of benzene rings is 2. The van der Waals surface area contributed by atoms with Crippen molar-refractivity contribution in [3.8, 4) is 17.2 Å². The minimum atomic E-state index is -0.386. The molecular weight excluding hydrogens is 378 g/mol. The summed E-state index contributed by atoms with van der Waals surface area (Å²) in [5.74, 6) is 0.652. The van der Waals surface area contributed by atoms with Gasteiger partial charge in [-0.1, -0.05) is 12.1 Å². The van der Waals surface area contributed by atoms with Gasteiger partial charge < -0.3 is 30.2 Å². The van der Waals surface area contributed by atoms with Gasteiger partial charge in [0.05, 0.1) is 6.54 Å². The number of likely N-dealkylation sites (N-methyl/N-ethyl adjacent to an activating group) is 1. The van der Waals surface area contributed by atoms with Crippen LogP contribution in [0.1, 0.15) is 15.9 Å². The molecule has 3 N–H and O–H groups in total. The van der Waals surface area contributed by atoms with E-state index in [4.69, 9.17) is 14.2 Å². The maximum atomic E-state index is 12.2. The van der Waals surface area contributed by atoms with E-state index >= 15 is 0 Å². The largest absolute Gasteiger partial charge is 0.484 e. The van der Waals surface area contributed by atoms with Crippen LogP contribution in [0.25, 0.3) is 0 Å². The fraction of sp³-hybridized carbons (Fsp3) is 0.250. The number of hydrogen-bond donors (Lipinski definition) is 3. The molecule has 3 amide bonds. The molecule has 152 valence electrons. The van der Waals surface area contributed by atoms with Gasteiger partial charge in [-0.25, -0.2) is 0 Å². The summed E-state index contributed by atoms with van der Waals surface area (Å²) in [7, 11) is 1.53. The fourth-order valence-corrected chi connectivity index (χ4v) is 2.53. The van der Waals surface area contributed by atoms with Crippen molar-refractivity contribution in [1.82, 2.24) is 16.0 Å². The highest BCUT2D eigenvalue weighted by molar-refractivity contribution is 5.97. The Hall–Kier alpha value is -3.75. The fourth-order valence-electron chi connectivity index (χ4n) is 2.53. The second kappa shape index (κ2) is 9.45. The van der Waals surface area contributed by atoms with Crippen LogP contribution in [-0.4, -0.2) is 44.7 Å². The topological polar surface area (TPSA) is 115 Å². The third-order valence-electron chi connectivity index (χ3n) is 4.08.